The number of carbonyl (C=O) groups is 1. The molecule has 0 aliphatic carbocycles. The zero-order valence-electron chi connectivity index (χ0n) is 13.1. The molecule has 2 heterocycles. The summed E-state index contributed by atoms with van der Waals surface area (Å²) in [6.45, 7) is 1.63. The summed E-state index contributed by atoms with van der Waals surface area (Å²) in [5.74, 6) is 1.01. The first-order valence-electron chi connectivity index (χ1n) is 7.81. The van der Waals surface area contributed by atoms with Gasteiger partial charge in [-0.05, 0) is 36.2 Å². The lowest BCUT2D eigenvalue weighted by Crippen LogP contribution is -2.38. The quantitative estimate of drug-likeness (QED) is 0.896. The first-order chi connectivity index (χ1) is 11.3. The molecule has 1 amide bonds. The van der Waals surface area contributed by atoms with E-state index < -0.39 is 0 Å². The predicted molar refractivity (Wildman–Crippen MR) is 93.0 cm³/mol. The summed E-state index contributed by atoms with van der Waals surface area (Å²) in [6.07, 6.45) is 1.03. The average Bonchev–Trinajstić information content (AvgIpc) is 3.08. The molecule has 2 aliphatic heterocycles. The molecule has 0 radical (unpaired) electrons. The second kappa shape index (κ2) is 7.11. The van der Waals surface area contributed by atoms with Crippen LogP contribution in [-0.2, 0) is 6.42 Å². The Morgan fingerprint density at radius 2 is 2.04 bits per heavy atom. The van der Waals surface area contributed by atoms with E-state index in [0.29, 0.717) is 23.6 Å². The highest BCUT2D eigenvalue weighted by Gasteiger charge is 2.24. The van der Waals surface area contributed by atoms with Gasteiger partial charge in [0.25, 0.3) is 5.91 Å². The molecule has 5 nitrogen and oxygen atoms in total. The summed E-state index contributed by atoms with van der Waals surface area (Å²) in [6, 6.07) is 13.9. The number of fused-ring (bicyclic) bond motifs is 2. The molecule has 0 saturated heterocycles. The molecule has 0 saturated carbocycles. The summed E-state index contributed by atoms with van der Waals surface area (Å²) in [7, 11) is 0. The van der Waals surface area contributed by atoms with Crippen LogP contribution in [0.5, 0.6) is 11.5 Å². The first-order valence-corrected chi connectivity index (χ1v) is 7.81. The van der Waals surface area contributed by atoms with Gasteiger partial charge in [0.1, 0.15) is 0 Å². The fourth-order valence-corrected chi connectivity index (χ4v) is 3.17. The molecule has 0 spiro atoms. The van der Waals surface area contributed by atoms with Gasteiger partial charge in [0.15, 0.2) is 11.5 Å². The highest BCUT2D eigenvalue weighted by Crippen LogP contribution is 2.35. The SMILES string of the molecule is Cl.O=C(NCC1NCCc2ccccc21)c1cccc2c1OCO2. The molecule has 0 fully saturated rings. The number of carbonyl (C=O) groups excluding carboxylic acids is 1. The maximum Gasteiger partial charge on any atom is 0.255 e. The van der Waals surface area contributed by atoms with E-state index in [1.54, 1.807) is 18.2 Å². The summed E-state index contributed by atoms with van der Waals surface area (Å²) in [4.78, 5) is 12.5. The fraction of sp³-hybridized carbons (Fsp3) is 0.278. The molecule has 1 atom stereocenters. The van der Waals surface area contributed by atoms with Crippen molar-refractivity contribution in [1.82, 2.24) is 10.6 Å². The van der Waals surface area contributed by atoms with E-state index in [4.69, 9.17) is 9.47 Å². The molecular formula is C18H19ClN2O3. The van der Waals surface area contributed by atoms with Crippen LogP contribution < -0.4 is 20.1 Å². The Morgan fingerprint density at radius 1 is 1.17 bits per heavy atom. The molecule has 2 aromatic carbocycles. The van der Waals surface area contributed by atoms with Crippen molar-refractivity contribution in [3.05, 3.63) is 59.2 Å². The van der Waals surface area contributed by atoms with Crippen LogP contribution in [0, 0.1) is 0 Å². The van der Waals surface area contributed by atoms with E-state index in [2.05, 4.69) is 28.8 Å². The van der Waals surface area contributed by atoms with Crippen LogP contribution in [0.2, 0.25) is 0 Å². The number of halogens is 1. The van der Waals surface area contributed by atoms with Crippen LogP contribution in [0.25, 0.3) is 0 Å². The lowest BCUT2D eigenvalue weighted by atomic mass is 9.94. The Bertz CT molecular complexity index is 751. The van der Waals surface area contributed by atoms with Crippen molar-refractivity contribution in [3.63, 3.8) is 0 Å². The average molecular weight is 347 g/mol. The van der Waals surface area contributed by atoms with E-state index in [0.717, 1.165) is 13.0 Å². The monoisotopic (exact) mass is 346 g/mol. The highest BCUT2D eigenvalue weighted by molar-refractivity contribution is 5.98. The highest BCUT2D eigenvalue weighted by atomic mass is 35.5. The Labute approximate surface area is 146 Å². The van der Waals surface area contributed by atoms with Gasteiger partial charge in [-0.2, -0.15) is 0 Å². The van der Waals surface area contributed by atoms with Gasteiger partial charge in [0.05, 0.1) is 5.56 Å². The van der Waals surface area contributed by atoms with Gasteiger partial charge >= 0.3 is 0 Å². The minimum atomic E-state index is -0.141. The van der Waals surface area contributed by atoms with Crippen molar-refractivity contribution < 1.29 is 14.3 Å². The largest absolute Gasteiger partial charge is 0.454 e. The summed E-state index contributed by atoms with van der Waals surface area (Å²) in [5.41, 5.74) is 3.13. The first kappa shape index (κ1) is 16.6. The van der Waals surface area contributed by atoms with Crippen LogP contribution >= 0.6 is 12.4 Å². The van der Waals surface area contributed by atoms with Crippen molar-refractivity contribution in [2.75, 3.05) is 19.9 Å². The zero-order chi connectivity index (χ0) is 15.6. The van der Waals surface area contributed by atoms with Gasteiger partial charge in [-0.3, -0.25) is 4.79 Å². The van der Waals surface area contributed by atoms with Crippen LogP contribution in [0.15, 0.2) is 42.5 Å². The van der Waals surface area contributed by atoms with E-state index >= 15 is 0 Å². The van der Waals surface area contributed by atoms with Crippen LogP contribution in [0.1, 0.15) is 27.5 Å². The Hall–Kier alpha value is -2.24. The second-order valence-electron chi connectivity index (χ2n) is 5.70. The number of amides is 1. The third kappa shape index (κ3) is 3.05. The van der Waals surface area contributed by atoms with E-state index in [1.807, 2.05) is 6.07 Å². The number of para-hydroxylation sites is 1. The Balaban J connectivity index is 0.00000169. The van der Waals surface area contributed by atoms with Crippen molar-refractivity contribution in [1.29, 1.82) is 0 Å². The molecule has 0 aromatic heterocycles. The lowest BCUT2D eigenvalue weighted by molar-refractivity contribution is 0.0944. The molecule has 6 heteroatoms. The number of rotatable bonds is 3. The molecule has 0 bridgehead atoms. The topological polar surface area (TPSA) is 59.6 Å². The molecule has 2 aromatic rings. The van der Waals surface area contributed by atoms with Gasteiger partial charge in [0.2, 0.25) is 6.79 Å². The summed E-state index contributed by atoms with van der Waals surface area (Å²) < 4.78 is 10.7. The van der Waals surface area contributed by atoms with Gasteiger partial charge in [-0.15, -0.1) is 12.4 Å². The Kier molecular flexibility index (Phi) is 4.92. The lowest BCUT2D eigenvalue weighted by Gasteiger charge is -2.27. The fourth-order valence-electron chi connectivity index (χ4n) is 3.17. The van der Waals surface area contributed by atoms with Gasteiger partial charge in [0, 0.05) is 12.6 Å². The summed E-state index contributed by atoms with van der Waals surface area (Å²) in [5, 5.41) is 6.47. The Morgan fingerprint density at radius 3 is 2.96 bits per heavy atom. The van der Waals surface area contributed by atoms with Crippen molar-refractivity contribution >= 4 is 18.3 Å². The van der Waals surface area contributed by atoms with Crippen molar-refractivity contribution in [2.45, 2.75) is 12.5 Å². The minimum absolute atomic E-state index is 0. The molecular weight excluding hydrogens is 328 g/mol. The molecule has 2 aliphatic rings. The molecule has 1 unspecified atom stereocenters. The number of hydrogen-bond donors (Lipinski definition) is 2. The molecule has 4 rings (SSSR count). The number of hydrogen-bond acceptors (Lipinski definition) is 4. The summed E-state index contributed by atoms with van der Waals surface area (Å²) >= 11 is 0. The smallest absolute Gasteiger partial charge is 0.255 e. The molecule has 126 valence electrons. The second-order valence-corrected chi connectivity index (χ2v) is 5.70. The predicted octanol–water partition coefficient (Wildman–Crippen LogP) is 2.45. The third-order valence-electron chi connectivity index (χ3n) is 4.32. The maximum absolute atomic E-state index is 12.5. The van der Waals surface area contributed by atoms with Crippen molar-refractivity contribution in [2.24, 2.45) is 0 Å². The normalized spacial score (nSPS) is 17.6. The van der Waals surface area contributed by atoms with Crippen molar-refractivity contribution in [3.8, 4) is 11.5 Å². The van der Waals surface area contributed by atoms with Crippen LogP contribution in [0.4, 0.5) is 0 Å². The standard InChI is InChI=1S/C18H18N2O3.ClH/c21-18(14-6-3-7-16-17(14)23-11-22-16)20-10-15-13-5-2-1-4-12(13)8-9-19-15;/h1-7,15,19H,8-11H2,(H,20,21);1H. The van der Waals surface area contributed by atoms with Gasteiger partial charge < -0.3 is 20.1 Å². The van der Waals surface area contributed by atoms with E-state index in [-0.39, 0.29) is 31.1 Å². The number of nitrogens with one attached hydrogen (secondary N) is 2. The third-order valence-corrected chi connectivity index (χ3v) is 4.32. The minimum Gasteiger partial charge on any atom is -0.454 e. The van der Waals surface area contributed by atoms with Crippen LogP contribution in [-0.4, -0.2) is 25.8 Å². The molecule has 24 heavy (non-hydrogen) atoms. The van der Waals surface area contributed by atoms with E-state index in [9.17, 15) is 4.79 Å². The zero-order valence-corrected chi connectivity index (χ0v) is 13.9. The molecule has 2 N–H and O–H groups in total. The van der Waals surface area contributed by atoms with Gasteiger partial charge in [-0.25, -0.2) is 0 Å². The number of ether oxygens (including phenoxy) is 2. The number of benzene rings is 2. The maximum atomic E-state index is 12.5. The van der Waals surface area contributed by atoms with Gasteiger partial charge in [-0.1, -0.05) is 30.3 Å². The van der Waals surface area contributed by atoms with Crippen LogP contribution in [0.3, 0.4) is 0 Å². The van der Waals surface area contributed by atoms with E-state index in [1.165, 1.54) is 11.1 Å².